The van der Waals surface area contributed by atoms with Crippen LogP contribution in [-0.2, 0) is 6.54 Å². The Kier molecular flexibility index (Phi) is 4.93. The highest BCUT2D eigenvalue weighted by molar-refractivity contribution is 7.80. The van der Waals surface area contributed by atoms with Crippen LogP contribution in [0.1, 0.15) is 11.4 Å². The highest BCUT2D eigenvalue weighted by Crippen LogP contribution is 2.32. The number of ether oxygens (including phenoxy) is 2. The minimum atomic E-state index is 0.557. The van der Waals surface area contributed by atoms with Crippen LogP contribution in [0.3, 0.4) is 0 Å². The van der Waals surface area contributed by atoms with E-state index < -0.39 is 0 Å². The van der Waals surface area contributed by atoms with E-state index in [2.05, 4.69) is 39.9 Å². The fourth-order valence-electron chi connectivity index (χ4n) is 2.90. The molecule has 0 fully saturated rings. The van der Waals surface area contributed by atoms with Crippen molar-refractivity contribution in [2.75, 3.05) is 18.5 Å². The van der Waals surface area contributed by atoms with E-state index in [4.69, 9.17) is 21.7 Å². The maximum atomic E-state index is 5.59. The molecule has 0 spiro atoms. The van der Waals surface area contributed by atoms with E-state index >= 15 is 0 Å². The molecule has 3 aromatic rings. The summed E-state index contributed by atoms with van der Waals surface area (Å²) in [5.41, 5.74) is 3.09. The maximum Gasteiger partial charge on any atom is 0.171 e. The van der Waals surface area contributed by atoms with Crippen molar-refractivity contribution in [2.24, 2.45) is 0 Å². The van der Waals surface area contributed by atoms with Crippen LogP contribution in [0.15, 0.2) is 54.9 Å². The summed E-state index contributed by atoms with van der Waals surface area (Å²) in [4.78, 5) is 4.25. The molecule has 27 heavy (non-hydrogen) atoms. The van der Waals surface area contributed by atoms with Crippen molar-refractivity contribution in [1.29, 1.82) is 0 Å². The number of nitrogens with zero attached hydrogens (tertiary/aromatic N) is 2. The van der Waals surface area contributed by atoms with E-state index in [0.717, 1.165) is 34.3 Å². The maximum absolute atomic E-state index is 5.59. The molecule has 1 aromatic heterocycles. The second-order valence-electron chi connectivity index (χ2n) is 6.18. The van der Waals surface area contributed by atoms with Gasteiger partial charge in [-0.25, -0.2) is 4.98 Å². The standard InChI is InChI=1S/C20H20N4O2S/c1-14-21-8-9-24(14)17-5-2-15(3-6-17)13-22-20(27)23-16-4-7-18-19(12-16)26-11-10-25-18/h2-9,12H,10-11,13H2,1H3,(H2,22,23,27). The molecule has 0 bridgehead atoms. The number of anilines is 1. The molecule has 138 valence electrons. The fourth-order valence-corrected chi connectivity index (χ4v) is 3.09. The third kappa shape index (κ3) is 4.03. The van der Waals surface area contributed by atoms with Crippen LogP contribution < -0.4 is 20.1 Å². The lowest BCUT2D eigenvalue weighted by Gasteiger charge is -2.19. The first-order valence-electron chi connectivity index (χ1n) is 8.73. The smallest absolute Gasteiger partial charge is 0.171 e. The molecule has 0 aliphatic carbocycles. The Morgan fingerprint density at radius 2 is 1.89 bits per heavy atom. The largest absolute Gasteiger partial charge is 0.486 e. The van der Waals surface area contributed by atoms with Gasteiger partial charge in [-0.15, -0.1) is 0 Å². The number of nitrogens with one attached hydrogen (secondary N) is 2. The Bertz CT molecular complexity index is 953. The Morgan fingerprint density at radius 3 is 2.63 bits per heavy atom. The van der Waals surface area contributed by atoms with Crippen LogP contribution in [0, 0.1) is 6.92 Å². The summed E-state index contributed by atoms with van der Waals surface area (Å²) in [6.45, 7) is 3.77. The van der Waals surface area contributed by atoms with E-state index in [0.29, 0.717) is 24.9 Å². The molecular weight excluding hydrogens is 360 g/mol. The zero-order valence-electron chi connectivity index (χ0n) is 14.9. The zero-order valence-corrected chi connectivity index (χ0v) is 15.8. The molecule has 1 aliphatic heterocycles. The average Bonchev–Trinajstić information content (AvgIpc) is 3.12. The van der Waals surface area contributed by atoms with E-state index in [1.165, 1.54) is 0 Å². The van der Waals surface area contributed by atoms with E-state index in [1.807, 2.05) is 35.9 Å². The molecule has 0 atom stereocenters. The minimum Gasteiger partial charge on any atom is -0.486 e. The molecule has 6 nitrogen and oxygen atoms in total. The summed E-state index contributed by atoms with van der Waals surface area (Å²) in [5.74, 6) is 2.46. The van der Waals surface area contributed by atoms with Gasteiger partial charge < -0.3 is 24.7 Å². The summed E-state index contributed by atoms with van der Waals surface area (Å²) in [5, 5.41) is 6.95. The first kappa shape index (κ1) is 17.4. The van der Waals surface area contributed by atoms with Gasteiger partial charge in [-0.3, -0.25) is 0 Å². The highest BCUT2D eigenvalue weighted by atomic mass is 32.1. The second kappa shape index (κ2) is 7.67. The molecule has 2 aromatic carbocycles. The molecule has 0 radical (unpaired) electrons. The summed E-state index contributed by atoms with van der Waals surface area (Å²) in [6.07, 6.45) is 3.75. The van der Waals surface area contributed by atoms with Crippen LogP contribution in [-0.4, -0.2) is 27.9 Å². The van der Waals surface area contributed by atoms with Gasteiger partial charge in [0.25, 0.3) is 0 Å². The number of benzene rings is 2. The van der Waals surface area contributed by atoms with Crippen molar-refractivity contribution in [3.8, 4) is 17.2 Å². The number of thiocarbonyl (C=S) groups is 1. The van der Waals surface area contributed by atoms with E-state index in [9.17, 15) is 0 Å². The van der Waals surface area contributed by atoms with Crippen molar-refractivity contribution < 1.29 is 9.47 Å². The third-order valence-electron chi connectivity index (χ3n) is 4.29. The van der Waals surface area contributed by atoms with Gasteiger partial charge in [-0.05, 0) is 49.0 Å². The monoisotopic (exact) mass is 380 g/mol. The molecule has 0 unspecified atom stereocenters. The SMILES string of the molecule is Cc1nccn1-c1ccc(CNC(=S)Nc2ccc3c(c2)OCCO3)cc1. The lowest BCUT2D eigenvalue weighted by Crippen LogP contribution is -2.28. The van der Waals surface area contributed by atoms with E-state index in [-0.39, 0.29) is 0 Å². The molecule has 0 saturated heterocycles. The van der Waals surface area contributed by atoms with Crippen LogP contribution in [0.5, 0.6) is 11.5 Å². The molecule has 7 heteroatoms. The summed E-state index contributed by atoms with van der Waals surface area (Å²) in [6, 6.07) is 14.0. The Labute approximate surface area is 163 Å². The average molecular weight is 380 g/mol. The van der Waals surface area contributed by atoms with Gasteiger partial charge in [0.2, 0.25) is 0 Å². The molecule has 4 rings (SSSR count). The van der Waals surface area contributed by atoms with Crippen molar-refractivity contribution >= 4 is 23.0 Å². The first-order valence-corrected chi connectivity index (χ1v) is 9.14. The van der Waals surface area contributed by atoms with Crippen LogP contribution in [0.25, 0.3) is 5.69 Å². The lowest BCUT2D eigenvalue weighted by molar-refractivity contribution is 0.171. The zero-order chi connectivity index (χ0) is 18.6. The van der Waals surface area contributed by atoms with Gasteiger partial charge in [0.05, 0.1) is 0 Å². The number of rotatable bonds is 4. The predicted molar refractivity (Wildman–Crippen MR) is 109 cm³/mol. The topological polar surface area (TPSA) is 60.3 Å². The quantitative estimate of drug-likeness (QED) is 0.676. The minimum absolute atomic E-state index is 0.557. The molecule has 0 saturated carbocycles. The van der Waals surface area contributed by atoms with Gasteiger partial charge >= 0.3 is 0 Å². The lowest BCUT2D eigenvalue weighted by atomic mass is 10.2. The van der Waals surface area contributed by atoms with Gasteiger partial charge in [-0.2, -0.15) is 0 Å². The molecular formula is C20H20N4O2S. The third-order valence-corrected chi connectivity index (χ3v) is 4.54. The Balaban J connectivity index is 1.33. The second-order valence-corrected chi connectivity index (χ2v) is 6.59. The fraction of sp³-hybridized carbons (Fsp3) is 0.200. The van der Waals surface area contributed by atoms with Crippen molar-refractivity contribution in [2.45, 2.75) is 13.5 Å². The number of aryl methyl sites for hydroxylation is 1. The molecule has 1 aliphatic rings. The van der Waals surface area contributed by atoms with Gasteiger partial charge in [0, 0.05) is 36.4 Å². The molecule has 2 N–H and O–H groups in total. The number of hydrogen-bond acceptors (Lipinski definition) is 4. The van der Waals surface area contributed by atoms with Crippen LogP contribution in [0.2, 0.25) is 0 Å². The van der Waals surface area contributed by atoms with E-state index in [1.54, 1.807) is 6.20 Å². The molecule has 2 heterocycles. The number of hydrogen-bond donors (Lipinski definition) is 2. The van der Waals surface area contributed by atoms with Gasteiger partial charge in [-0.1, -0.05) is 12.1 Å². The van der Waals surface area contributed by atoms with Gasteiger partial charge in [0.15, 0.2) is 16.6 Å². The number of fused-ring (bicyclic) bond motifs is 1. The number of aromatic nitrogens is 2. The first-order chi connectivity index (χ1) is 13.2. The number of imidazole rings is 1. The van der Waals surface area contributed by atoms with Crippen molar-refractivity contribution in [3.05, 3.63) is 66.2 Å². The highest BCUT2D eigenvalue weighted by Gasteiger charge is 2.12. The Morgan fingerprint density at radius 1 is 1.11 bits per heavy atom. The Hall–Kier alpha value is -3.06. The van der Waals surface area contributed by atoms with Gasteiger partial charge in [0.1, 0.15) is 19.0 Å². The van der Waals surface area contributed by atoms with Crippen molar-refractivity contribution in [1.82, 2.24) is 14.9 Å². The summed E-state index contributed by atoms with van der Waals surface area (Å²) >= 11 is 5.39. The molecule has 0 amide bonds. The predicted octanol–water partition coefficient (Wildman–Crippen LogP) is 3.44. The van der Waals surface area contributed by atoms with Crippen LogP contribution in [0.4, 0.5) is 5.69 Å². The van der Waals surface area contributed by atoms with Crippen LogP contribution >= 0.6 is 12.2 Å². The van der Waals surface area contributed by atoms with Crippen molar-refractivity contribution in [3.63, 3.8) is 0 Å². The summed E-state index contributed by atoms with van der Waals surface area (Å²) in [7, 11) is 0. The summed E-state index contributed by atoms with van der Waals surface area (Å²) < 4.78 is 13.2. The normalized spacial score (nSPS) is 12.5.